The summed E-state index contributed by atoms with van der Waals surface area (Å²) in [5.74, 6) is 1.34. The van der Waals surface area contributed by atoms with Crippen molar-refractivity contribution in [2.45, 2.75) is 12.2 Å². The summed E-state index contributed by atoms with van der Waals surface area (Å²) in [6.45, 7) is 0.448. The molecule has 1 rings (SSSR count). The molecule has 0 radical (unpaired) electrons. The van der Waals surface area contributed by atoms with Crippen molar-refractivity contribution in [2.24, 2.45) is 0 Å². The van der Waals surface area contributed by atoms with Crippen molar-refractivity contribution in [3.05, 3.63) is 23.8 Å². The van der Waals surface area contributed by atoms with Gasteiger partial charge in [0.15, 0.2) is 11.5 Å². The predicted molar refractivity (Wildman–Crippen MR) is 72.0 cm³/mol. The lowest BCUT2D eigenvalue weighted by Crippen LogP contribution is -2.27. The van der Waals surface area contributed by atoms with Gasteiger partial charge < -0.3 is 23.7 Å². The molecule has 0 fully saturated rings. The Hall–Kier alpha value is -1.30. The maximum absolute atomic E-state index is 5.51. The van der Waals surface area contributed by atoms with Gasteiger partial charge in [-0.15, -0.1) is 0 Å². The van der Waals surface area contributed by atoms with E-state index >= 15 is 0 Å². The van der Waals surface area contributed by atoms with Gasteiger partial charge in [-0.05, 0) is 17.7 Å². The highest BCUT2D eigenvalue weighted by Crippen LogP contribution is 2.32. The number of rotatable bonds is 8. The average molecular weight is 270 g/mol. The second-order valence-corrected chi connectivity index (χ2v) is 4.00. The van der Waals surface area contributed by atoms with E-state index < -0.39 is 0 Å². The molecule has 0 aromatic heterocycles. The van der Waals surface area contributed by atoms with Gasteiger partial charge in [-0.3, -0.25) is 0 Å². The Kier molecular flexibility index (Phi) is 6.62. The number of methoxy groups -OCH3 is 5. The molecule has 5 heteroatoms. The van der Waals surface area contributed by atoms with Crippen LogP contribution in [0, 0.1) is 0 Å². The van der Waals surface area contributed by atoms with E-state index in [-0.39, 0.29) is 12.2 Å². The Morgan fingerprint density at radius 2 is 1.58 bits per heavy atom. The van der Waals surface area contributed by atoms with Crippen molar-refractivity contribution in [3.8, 4) is 11.5 Å². The first-order valence-corrected chi connectivity index (χ1v) is 5.98. The molecule has 1 aromatic carbocycles. The average Bonchev–Trinajstić information content (AvgIpc) is 2.46. The first-order chi connectivity index (χ1) is 9.21. The highest BCUT2D eigenvalue weighted by atomic mass is 16.6. The minimum absolute atomic E-state index is 0.187. The predicted octanol–water partition coefficient (Wildman–Crippen LogP) is 2.05. The molecular weight excluding hydrogens is 248 g/mol. The summed E-state index contributed by atoms with van der Waals surface area (Å²) in [5.41, 5.74) is 0.948. The third kappa shape index (κ3) is 3.83. The van der Waals surface area contributed by atoms with Gasteiger partial charge in [0.05, 0.1) is 20.8 Å². The summed E-state index contributed by atoms with van der Waals surface area (Å²) in [7, 11) is 8.12. The van der Waals surface area contributed by atoms with Crippen LogP contribution < -0.4 is 9.47 Å². The fraction of sp³-hybridized carbons (Fsp3) is 0.571. The summed E-state index contributed by atoms with van der Waals surface area (Å²) < 4.78 is 26.6. The zero-order valence-corrected chi connectivity index (χ0v) is 12.1. The van der Waals surface area contributed by atoms with Crippen LogP contribution in [-0.2, 0) is 14.2 Å². The van der Waals surface area contributed by atoms with Crippen molar-refractivity contribution < 1.29 is 23.7 Å². The zero-order chi connectivity index (χ0) is 14.3. The molecule has 0 saturated carbocycles. The van der Waals surface area contributed by atoms with Crippen LogP contribution in [0.1, 0.15) is 11.7 Å². The van der Waals surface area contributed by atoms with Gasteiger partial charge in [0.2, 0.25) is 0 Å². The molecule has 108 valence electrons. The highest BCUT2D eigenvalue weighted by Gasteiger charge is 2.24. The van der Waals surface area contributed by atoms with Gasteiger partial charge in [0.25, 0.3) is 0 Å². The SMILES string of the molecule is COC[C@H](OC)[C@@H](OC)c1ccc(OC)c(OC)c1. The van der Waals surface area contributed by atoms with Crippen LogP contribution >= 0.6 is 0 Å². The lowest BCUT2D eigenvalue weighted by Gasteiger charge is -2.25. The first kappa shape index (κ1) is 15.8. The van der Waals surface area contributed by atoms with Crippen molar-refractivity contribution in [2.75, 3.05) is 42.2 Å². The summed E-state index contributed by atoms with van der Waals surface area (Å²) in [6.07, 6.45) is -0.419. The van der Waals surface area contributed by atoms with E-state index in [4.69, 9.17) is 23.7 Å². The molecule has 0 spiro atoms. The van der Waals surface area contributed by atoms with Crippen LogP contribution in [0.15, 0.2) is 18.2 Å². The molecule has 0 aliphatic rings. The Labute approximate surface area is 114 Å². The molecule has 0 amide bonds. The third-order valence-electron chi connectivity index (χ3n) is 2.96. The molecule has 0 bridgehead atoms. The third-order valence-corrected chi connectivity index (χ3v) is 2.96. The largest absolute Gasteiger partial charge is 0.493 e. The van der Waals surface area contributed by atoms with Crippen molar-refractivity contribution in [1.29, 1.82) is 0 Å². The summed E-state index contributed by atoms with van der Waals surface area (Å²) >= 11 is 0. The smallest absolute Gasteiger partial charge is 0.161 e. The van der Waals surface area contributed by atoms with Crippen molar-refractivity contribution >= 4 is 0 Å². The van der Waals surface area contributed by atoms with Gasteiger partial charge in [0.1, 0.15) is 12.2 Å². The van der Waals surface area contributed by atoms with Crippen LogP contribution in [0.3, 0.4) is 0 Å². The fourth-order valence-electron chi connectivity index (χ4n) is 1.98. The Morgan fingerprint density at radius 1 is 0.895 bits per heavy atom. The van der Waals surface area contributed by atoms with Crippen molar-refractivity contribution in [1.82, 2.24) is 0 Å². The van der Waals surface area contributed by atoms with Crippen LogP contribution in [0.2, 0.25) is 0 Å². The molecule has 2 atom stereocenters. The normalized spacial score (nSPS) is 13.9. The van der Waals surface area contributed by atoms with Crippen LogP contribution in [0.5, 0.6) is 11.5 Å². The number of benzene rings is 1. The minimum atomic E-state index is -0.232. The standard InChI is InChI=1S/C14H22O5/c1-15-9-13(18-4)14(19-5)10-6-7-11(16-2)12(8-10)17-3/h6-8,13-14H,9H2,1-5H3/t13-,14-/m0/s1. The quantitative estimate of drug-likeness (QED) is 0.723. The molecule has 0 N–H and O–H groups in total. The molecular formula is C14H22O5. The van der Waals surface area contributed by atoms with Gasteiger partial charge in [-0.25, -0.2) is 0 Å². The molecule has 0 heterocycles. The maximum atomic E-state index is 5.51. The molecule has 1 aromatic rings. The van der Waals surface area contributed by atoms with Crippen LogP contribution in [0.4, 0.5) is 0 Å². The maximum Gasteiger partial charge on any atom is 0.161 e. The Bertz CT molecular complexity index is 380. The van der Waals surface area contributed by atoms with E-state index in [0.717, 1.165) is 5.56 Å². The molecule has 0 aliphatic carbocycles. The second kappa shape index (κ2) is 7.99. The number of ether oxygens (including phenoxy) is 5. The van der Waals surface area contributed by atoms with E-state index in [1.54, 1.807) is 35.5 Å². The fourth-order valence-corrected chi connectivity index (χ4v) is 1.98. The minimum Gasteiger partial charge on any atom is -0.493 e. The molecule has 5 nitrogen and oxygen atoms in total. The number of hydrogen-bond acceptors (Lipinski definition) is 5. The van der Waals surface area contributed by atoms with E-state index in [2.05, 4.69) is 0 Å². The highest BCUT2D eigenvalue weighted by molar-refractivity contribution is 5.43. The second-order valence-electron chi connectivity index (χ2n) is 4.00. The van der Waals surface area contributed by atoms with E-state index in [1.807, 2.05) is 18.2 Å². The summed E-state index contributed by atoms with van der Waals surface area (Å²) in [5, 5.41) is 0. The Balaban J connectivity index is 3.03. The zero-order valence-electron chi connectivity index (χ0n) is 12.1. The topological polar surface area (TPSA) is 46.2 Å². The van der Waals surface area contributed by atoms with E-state index in [1.165, 1.54) is 0 Å². The lowest BCUT2D eigenvalue weighted by molar-refractivity contribution is -0.0697. The summed E-state index contributed by atoms with van der Waals surface area (Å²) in [4.78, 5) is 0. The van der Waals surface area contributed by atoms with E-state index in [0.29, 0.717) is 18.1 Å². The number of hydrogen-bond donors (Lipinski definition) is 0. The van der Waals surface area contributed by atoms with Gasteiger partial charge >= 0.3 is 0 Å². The van der Waals surface area contributed by atoms with Gasteiger partial charge in [-0.1, -0.05) is 6.07 Å². The lowest BCUT2D eigenvalue weighted by atomic mass is 10.0. The molecule has 0 unspecified atom stereocenters. The monoisotopic (exact) mass is 270 g/mol. The van der Waals surface area contributed by atoms with Crippen LogP contribution in [-0.4, -0.2) is 48.3 Å². The molecule has 0 aliphatic heterocycles. The van der Waals surface area contributed by atoms with E-state index in [9.17, 15) is 0 Å². The molecule has 0 saturated heterocycles. The summed E-state index contributed by atoms with van der Waals surface area (Å²) in [6, 6.07) is 5.66. The molecule has 19 heavy (non-hydrogen) atoms. The van der Waals surface area contributed by atoms with Gasteiger partial charge in [0, 0.05) is 21.3 Å². The van der Waals surface area contributed by atoms with Crippen molar-refractivity contribution in [3.63, 3.8) is 0 Å². The van der Waals surface area contributed by atoms with Gasteiger partial charge in [-0.2, -0.15) is 0 Å². The van der Waals surface area contributed by atoms with Crippen LogP contribution in [0.25, 0.3) is 0 Å². The Morgan fingerprint density at radius 3 is 2.05 bits per heavy atom. The first-order valence-electron chi connectivity index (χ1n) is 5.98.